The minimum atomic E-state index is 0.182. The maximum Gasteiger partial charge on any atom is 0.231 e. The monoisotopic (exact) mass is 260 g/mol. The van der Waals surface area contributed by atoms with Crippen molar-refractivity contribution < 1.29 is 4.52 Å². The lowest BCUT2D eigenvalue weighted by atomic mass is 10.00. The number of nitrogens with one attached hydrogen (secondary N) is 1. The predicted molar refractivity (Wildman–Crippen MR) is 73.8 cm³/mol. The molecule has 19 heavy (non-hydrogen) atoms. The van der Waals surface area contributed by atoms with Gasteiger partial charge < -0.3 is 9.84 Å². The van der Waals surface area contributed by atoms with Crippen molar-refractivity contribution >= 4 is 0 Å². The van der Waals surface area contributed by atoms with Gasteiger partial charge in [-0.25, -0.2) is 4.98 Å². The minimum absolute atomic E-state index is 0.182. The summed E-state index contributed by atoms with van der Waals surface area (Å²) in [5.74, 6) is 1.39. The summed E-state index contributed by atoms with van der Waals surface area (Å²) in [6, 6.07) is 6.11. The molecule has 1 N–H and O–H groups in total. The number of likely N-dealkylation sites (N-methyl/N-ethyl adjacent to an activating group) is 1. The molecule has 2 unspecified atom stereocenters. The summed E-state index contributed by atoms with van der Waals surface area (Å²) < 4.78 is 5.36. The van der Waals surface area contributed by atoms with Gasteiger partial charge >= 0.3 is 0 Å². The molecule has 0 aliphatic carbocycles. The second-order valence-electron chi connectivity index (χ2n) is 4.71. The summed E-state index contributed by atoms with van der Waals surface area (Å²) >= 11 is 0. The second-order valence-corrected chi connectivity index (χ2v) is 4.71. The lowest BCUT2D eigenvalue weighted by Gasteiger charge is -2.18. The van der Waals surface area contributed by atoms with E-state index < -0.39 is 0 Å². The molecular formula is C14H20N4O. The van der Waals surface area contributed by atoms with E-state index in [1.54, 1.807) is 0 Å². The van der Waals surface area contributed by atoms with Crippen LogP contribution in [0.15, 0.2) is 22.7 Å². The Hall–Kier alpha value is -1.75. The number of hydrogen-bond donors (Lipinski definition) is 1. The lowest BCUT2D eigenvalue weighted by molar-refractivity contribution is 0.326. The Balaban J connectivity index is 2.24. The molecule has 0 saturated carbocycles. The first-order valence-electron chi connectivity index (χ1n) is 6.60. The molecule has 0 aromatic carbocycles. The Morgan fingerprint density at radius 3 is 2.74 bits per heavy atom. The van der Waals surface area contributed by atoms with Crippen LogP contribution >= 0.6 is 0 Å². The van der Waals surface area contributed by atoms with Gasteiger partial charge in [0.1, 0.15) is 5.69 Å². The summed E-state index contributed by atoms with van der Waals surface area (Å²) in [5.41, 5.74) is 1.69. The average molecular weight is 260 g/mol. The van der Waals surface area contributed by atoms with Crippen LogP contribution in [0.2, 0.25) is 0 Å². The third-order valence-electron chi connectivity index (χ3n) is 3.36. The van der Waals surface area contributed by atoms with Crippen LogP contribution in [0.5, 0.6) is 0 Å². The zero-order valence-electron chi connectivity index (χ0n) is 11.8. The zero-order valence-corrected chi connectivity index (χ0v) is 11.8. The summed E-state index contributed by atoms with van der Waals surface area (Å²) in [5, 5.41) is 7.29. The van der Waals surface area contributed by atoms with E-state index in [1.165, 1.54) is 0 Å². The first kappa shape index (κ1) is 13.7. The highest BCUT2D eigenvalue weighted by Gasteiger charge is 2.22. The van der Waals surface area contributed by atoms with Gasteiger partial charge in [0.2, 0.25) is 11.7 Å². The minimum Gasteiger partial charge on any atom is -0.339 e. The number of rotatable bonds is 5. The van der Waals surface area contributed by atoms with Gasteiger partial charge in [-0.2, -0.15) is 4.98 Å². The van der Waals surface area contributed by atoms with Gasteiger partial charge in [-0.1, -0.05) is 25.1 Å². The Labute approximate surface area is 113 Å². The van der Waals surface area contributed by atoms with E-state index in [2.05, 4.69) is 34.3 Å². The molecule has 0 saturated heterocycles. The van der Waals surface area contributed by atoms with Crippen LogP contribution in [0, 0.1) is 6.92 Å². The van der Waals surface area contributed by atoms with Gasteiger partial charge in [-0.05, 0) is 32.5 Å². The van der Waals surface area contributed by atoms with E-state index in [9.17, 15) is 0 Å². The molecule has 2 heterocycles. The number of aryl methyl sites for hydroxylation is 1. The van der Waals surface area contributed by atoms with Crippen LogP contribution in [-0.2, 0) is 0 Å². The van der Waals surface area contributed by atoms with E-state index in [1.807, 2.05) is 32.2 Å². The van der Waals surface area contributed by atoms with Crippen molar-refractivity contribution in [2.75, 3.05) is 7.05 Å². The molecule has 5 heteroatoms. The third kappa shape index (κ3) is 2.98. The van der Waals surface area contributed by atoms with Crippen molar-refractivity contribution in [1.29, 1.82) is 0 Å². The Morgan fingerprint density at radius 1 is 1.32 bits per heavy atom. The first-order valence-corrected chi connectivity index (χ1v) is 6.60. The van der Waals surface area contributed by atoms with Gasteiger partial charge in [0.25, 0.3) is 0 Å². The normalized spacial score (nSPS) is 14.3. The average Bonchev–Trinajstić information content (AvgIpc) is 2.89. The molecule has 102 valence electrons. The van der Waals surface area contributed by atoms with Gasteiger partial charge in [-0.3, -0.25) is 0 Å². The molecule has 0 aliphatic heterocycles. The SMILES string of the molecule is CCC(NC)C(C)c1nc(-c2cccc(C)n2)no1. The van der Waals surface area contributed by atoms with Crippen LogP contribution in [0.25, 0.3) is 11.5 Å². The number of pyridine rings is 1. The molecule has 0 fully saturated rings. The van der Waals surface area contributed by atoms with Crippen LogP contribution < -0.4 is 5.32 Å². The van der Waals surface area contributed by atoms with Crippen LogP contribution in [0.4, 0.5) is 0 Å². The smallest absolute Gasteiger partial charge is 0.231 e. The fraction of sp³-hybridized carbons (Fsp3) is 0.500. The summed E-state index contributed by atoms with van der Waals surface area (Å²) in [6.45, 7) is 6.17. The van der Waals surface area contributed by atoms with E-state index >= 15 is 0 Å². The second kappa shape index (κ2) is 5.93. The molecule has 0 spiro atoms. The van der Waals surface area contributed by atoms with Crippen LogP contribution in [0.3, 0.4) is 0 Å². The molecule has 2 atom stereocenters. The molecule has 5 nitrogen and oxygen atoms in total. The van der Waals surface area contributed by atoms with Gasteiger partial charge in [-0.15, -0.1) is 0 Å². The fourth-order valence-corrected chi connectivity index (χ4v) is 2.17. The van der Waals surface area contributed by atoms with E-state index in [0.29, 0.717) is 17.8 Å². The van der Waals surface area contributed by atoms with E-state index in [-0.39, 0.29) is 5.92 Å². The number of hydrogen-bond acceptors (Lipinski definition) is 5. The van der Waals surface area contributed by atoms with Crippen molar-refractivity contribution in [2.24, 2.45) is 0 Å². The standard InChI is InChI=1S/C14H20N4O/c1-5-11(15-4)10(3)14-17-13(18-19-14)12-8-6-7-9(2)16-12/h6-8,10-11,15H,5H2,1-4H3. The predicted octanol–water partition coefficient (Wildman–Crippen LogP) is 2.54. The van der Waals surface area contributed by atoms with Gasteiger partial charge in [0, 0.05) is 11.7 Å². The Bertz CT molecular complexity index is 534. The quantitative estimate of drug-likeness (QED) is 0.895. The van der Waals surface area contributed by atoms with Gasteiger partial charge in [0.15, 0.2) is 0 Å². The van der Waals surface area contributed by atoms with Crippen molar-refractivity contribution in [3.8, 4) is 11.5 Å². The van der Waals surface area contributed by atoms with Crippen molar-refractivity contribution in [1.82, 2.24) is 20.4 Å². The Kier molecular flexibility index (Phi) is 4.27. The Morgan fingerprint density at radius 2 is 2.11 bits per heavy atom. The first-order chi connectivity index (χ1) is 9.15. The highest BCUT2D eigenvalue weighted by molar-refractivity contribution is 5.48. The van der Waals surface area contributed by atoms with Crippen LogP contribution in [0.1, 0.15) is 37.8 Å². The molecular weight excluding hydrogens is 240 g/mol. The maximum atomic E-state index is 5.36. The third-order valence-corrected chi connectivity index (χ3v) is 3.36. The van der Waals surface area contributed by atoms with Crippen molar-refractivity contribution in [2.45, 2.75) is 39.2 Å². The number of nitrogens with zero attached hydrogens (tertiary/aromatic N) is 3. The number of aromatic nitrogens is 3. The van der Waals surface area contributed by atoms with Crippen LogP contribution in [-0.4, -0.2) is 28.2 Å². The van der Waals surface area contributed by atoms with E-state index in [0.717, 1.165) is 17.8 Å². The van der Waals surface area contributed by atoms with Gasteiger partial charge in [0.05, 0.1) is 5.92 Å². The summed E-state index contributed by atoms with van der Waals surface area (Å²) in [6.07, 6.45) is 1.01. The molecule has 0 aliphatic rings. The molecule has 2 aromatic rings. The molecule has 2 aromatic heterocycles. The maximum absolute atomic E-state index is 5.36. The summed E-state index contributed by atoms with van der Waals surface area (Å²) in [7, 11) is 1.95. The molecule has 2 rings (SSSR count). The van der Waals surface area contributed by atoms with E-state index in [4.69, 9.17) is 4.52 Å². The topological polar surface area (TPSA) is 63.8 Å². The molecule has 0 amide bonds. The highest BCUT2D eigenvalue weighted by Crippen LogP contribution is 2.22. The summed E-state index contributed by atoms with van der Waals surface area (Å²) in [4.78, 5) is 8.86. The largest absolute Gasteiger partial charge is 0.339 e. The zero-order chi connectivity index (χ0) is 13.8. The van der Waals surface area contributed by atoms with Crippen molar-refractivity contribution in [3.05, 3.63) is 29.8 Å². The highest BCUT2D eigenvalue weighted by atomic mass is 16.5. The van der Waals surface area contributed by atoms with Crippen molar-refractivity contribution in [3.63, 3.8) is 0 Å². The lowest BCUT2D eigenvalue weighted by Crippen LogP contribution is -2.30. The molecule has 0 bridgehead atoms. The molecule has 0 radical (unpaired) electrons. The fourth-order valence-electron chi connectivity index (χ4n) is 2.17.